The molecule has 6 heteroatoms. The fourth-order valence-electron chi connectivity index (χ4n) is 2.86. The molecule has 2 fully saturated rings. The number of hydrogen-bond acceptors (Lipinski definition) is 3. The lowest BCUT2D eigenvalue weighted by molar-refractivity contribution is -0.117. The highest BCUT2D eigenvalue weighted by molar-refractivity contribution is 5.98. The van der Waals surface area contributed by atoms with Gasteiger partial charge in [0.05, 0.1) is 0 Å². The molecule has 3 rings (SSSR count). The van der Waals surface area contributed by atoms with E-state index in [0.29, 0.717) is 11.3 Å². The van der Waals surface area contributed by atoms with E-state index in [0.717, 1.165) is 38.5 Å². The first kappa shape index (κ1) is 17.8. The maximum absolute atomic E-state index is 12.3. The van der Waals surface area contributed by atoms with Crippen molar-refractivity contribution < 1.29 is 9.59 Å². The van der Waals surface area contributed by atoms with Gasteiger partial charge in [-0.05, 0) is 56.7 Å². The second-order valence-corrected chi connectivity index (χ2v) is 6.43. The molecule has 0 aliphatic heterocycles. The number of carbonyl (C=O) groups is 2. The Morgan fingerprint density at radius 3 is 2.39 bits per heavy atom. The molecule has 1 aromatic carbocycles. The van der Waals surface area contributed by atoms with Crippen LogP contribution in [0.15, 0.2) is 24.3 Å². The van der Waals surface area contributed by atoms with E-state index in [2.05, 4.69) is 10.6 Å². The Morgan fingerprint density at radius 1 is 1.04 bits per heavy atom. The molecule has 5 nitrogen and oxygen atoms in total. The molecule has 2 aliphatic rings. The first-order valence-electron chi connectivity index (χ1n) is 8.09. The Morgan fingerprint density at radius 2 is 1.74 bits per heavy atom. The molecule has 0 bridgehead atoms. The maximum Gasteiger partial charge on any atom is 0.251 e. The summed E-state index contributed by atoms with van der Waals surface area (Å²) in [6, 6.07) is 7.61. The maximum atomic E-state index is 12.3. The number of benzene rings is 1. The predicted molar refractivity (Wildman–Crippen MR) is 92.7 cm³/mol. The van der Waals surface area contributed by atoms with Gasteiger partial charge in [-0.1, -0.05) is 6.07 Å². The Labute approximate surface area is 142 Å². The molecule has 0 aromatic heterocycles. The molecule has 2 saturated carbocycles. The van der Waals surface area contributed by atoms with Crippen molar-refractivity contribution in [2.45, 2.75) is 50.6 Å². The molecule has 2 aliphatic carbocycles. The van der Waals surface area contributed by atoms with Crippen LogP contribution < -0.4 is 16.4 Å². The summed E-state index contributed by atoms with van der Waals surface area (Å²) in [5, 5.41) is 5.94. The van der Waals surface area contributed by atoms with E-state index >= 15 is 0 Å². The SMILES string of the molecule is Cl.NC1CCC(NC(=O)c2cccc(NC(=O)C3CC3)c2)CC1. The Hall–Kier alpha value is -1.59. The van der Waals surface area contributed by atoms with Crippen molar-refractivity contribution in [3.63, 3.8) is 0 Å². The van der Waals surface area contributed by atoms with Gasteiger partial charge < -0.3 is 16.4 Å². The number of hydrogen-bond donors (Lipinski definition) is 3. The first-order chi connectivity index (χ1) is 10.6. The van der Waals surface area contributed by atoms with Gasteiger partial charge in [0.1, 0.15) is 0 Å². The van der Waals surface area contributed by atoms with Crippen molar-refractivity contribution in [1.82, 2.24) is 5.32 Å². The summed E-state index contributed by atoms with van der Waals surface area (Å²) in [6.45, 7) is 0. The highest BCUT2D eigenvalue weighted by atomic mass is 35.5. The van der Waals surface area contributed by atoms with E-state index in [9.17, 15) is 9.59 Å². The number of nitrogens with one attached hydrogen (secondary N) is 2. The fourth-order valence-corrected chi connectivity index (χ4v) is 2.86. The minimum Gasteiger partial charge on any atom is -0.349 e. The second-order valence-electron chi connectivity index (χ2n) is 6.43. The largest absolute Gasteiger partial charge is 0.349 e. The molecule has 0 unspecified atom stereocenters. The van der Waals surface area contributed by atoms with E-state index in [1.807, 2.05) is 6.07 Å². The van der Waals surface area contributed by atoms with Gasteiger partial charge in [-0.25, -0.2) is 0 Å². The monoisotopic (exact) mass is 337 g/mol. The van der Waals surface area contributed by atoms with E-state index in [-0.39, 0.29) is 42.2 Å². The van der Waals surface area contributed by atoms with Crippen LogP contribution in [0, 0.1) is 5.92 Å². The standard InChI is InChI=1S/C17H23N3O2.ClH/c18-13-6-8-14(9-7-13)19-17(22)12-2-1-3-15(10-12)20-16(21)11-4-5-11;/h1-3,10-11,13-14H,4-9,18H2,(H,19,22)(H,20,21);1H. The van der Waals surface area contributed by atoms with Crippen molar-refractivity contribution in [3.8, 4) is 0 Å². The van der Waals surface area contributed by atoms with Gasteiger partial charge in [0, 0.05) is 29.3 Å². The van der Waals surface area contributed by atoms with Crippen LogP contribution in [-0.4, -0.2) is 23.9 Å². The quantitative estimate of drug-likeness (QED) is 0.789. The van der Waals surface area contributed by atoms with Crippen molar-refractivity contribution in [1.29, 1.82) is 0 Å². The normalized spacial score (nSPS) is 23.5. The van der Waals surface area contributed by atoms with Gasteiger partial charge in [0.15, 0.2) is 0 Å². The van der Waals surface area contributed by atoms with Crippen molar-refractivity contribution in [3.05, 3.63) is 29.8 Å². The zero-order chi connectivity index (χ0) is 15.5. The molecule has 0 heterocycles. The van der Waals surface area contributed by atoms with E-state index in [1.165, 1.54) is 0 Å². The summed E-state index contributed by atoms with van der Waals surface area (Å²) in [6.07, 6.45) is 5.73. The van der Waals surface area contributed by atoms with Crippen molar-refractivity contribution >= 4 is 29.9 Å². The average Bonchev–Trinajstić information content (AvgIpc) is 3.34. The van der Waals surface area contributed by atoms with Gasteiger partial charge in [-0.3, -0.25) is 9.59 Å². The highest BCUT2D eigenvalue weighted by Gasteiger charge is 2.29. The molecule has 23 heavy (non-hydrogen) atoms. The number of nitrogens with two attached hydrogens (primary N) is 1. The Bertz CT molecular complexity index is 567. The van der Waals surface area contributed by atoms with Crippen LogP contribution in [0.25, 0.3) is 0 Å². The number of carbonyl (C=O) groups excluding carboxylic acids is 2. The Balaban J connectivity index is 0.00000192. The summed E-state index contributed by atoms with van der Waals surface area (Å²) in [7, 11) is 0. The van der Waals surface area contributed by atoms with Crippen LogP contribution in [0.3, 0.4) is 0 Å². The highest BCUT2D eigenvalue weighted by Crippen LogP contribution is 2.30. The van der Waals surface area contributed by atoms with Gasteiger partial charge in [0.25, 0.3) is 5.91 Å². The fraction of sp³-hybridized carbons (Fsp3) is 0.529. The molecule has 2 amide bonds. The third kappa shape index (κ3) is 4.94. The van der Waals surface area contributed by atoms with Crippen LogP contribution in [0.5, 0.6) is 0 Å². The van der Waals surface area contributed by atoms with Crippen LogP contribution in [0.2, 0.25) is 0 Å². The van der Waals surface area contributed by atoms with E-state index < -0.39 is 0 Å². The molecule has 0 spiro atoms. The molecule has 0 saturated heterocycles. The molecule has 1 aromatic rings. The van der Waals surface area contributed by atoms with Crippen LogP contribution in [-0.2, 0) is 4.79 Å². The minimum absolute atomic E-state index is 0. The minimum atomic E-state index is -0.0806. The van der Waals surface area contributed by atoms with Gasteiger partial charge >= 0.3 is 0 Å². The first-order valence-corrected chi connectivity index (χ1v) is 8.09. The van der Waals surface area contributed by atoms with Crippen LogP contribution in [0.1, 0.15) is 48.9 Å². The lowest BCUT2D eigenvalue weighted by atomic mass is 9.91. The number of halogens is 1. The van der Waals surface area contributed by atoms with Gasteiger partial charge in [-0.15, -0.1) is 12.4 Å². The number of rotatable bonds is 4. The summed E-state index contributed by atoms with van der Waals surface area (Å²) >= 11 is 0. The molecule has 4 N–H and O–H groups in total. The van der Waals surface area contributed by atoms with Crippen molar-refractivity contribution in [2.75, 3.05) is 5.32 Å². The average molecular weight is 338 g/mol. The Kier molecular flexibility index (Phi) is 6.02. The zero-order valence-corrected chi connectivity index (χ0v) is 13.9. The predicted octanol–water partition coefficient (Wildman–Crippen LogP) is 2.46. The number of anilines is 1. The van der Waals surface area contributed by atoms with Gasteiger partial charge in [-0.2, -0.15) is 0 Å². The van der Waals surface area contributed by atoms with Crippen molar-refractivity contribution in [2.24, 2.45) is 11.7 Å². The number of amides is 2. The lowest BCUT2D eigenvalue weighted by Gasteiger charge is -2.26. The molecule has 0 atom stereocenters. The second kappa shape index (κ2) is 7.79. The molecule has 126 valence electrons. The third-order valence-corrected chi connectivity index (χ3v) is 4.45. The van der Waals surface area contributed by atoms with E-state index in [4.69, 9.17) is 5.73 Å². The lowest BCUT2D eigenvalue weighted by Crippen LogP contribution is -2.40. The topological polar surface area (TPSA) is 84.2 Å². The van der Waals surface area contributed by atoms with Gasteiger partial charge in [0.2, 0.25) is 5.91 Å². The summed E-state index contributed by atoms with van der Waals surface area (Å²) in [4.78, 5) is 24.1. The summed E-state index contributed by atoms with van der Waals surface area (Å²) < 4.78 is 0. The smallest absolute Gasteiger partial charge is 0.251 e. The zero-order valence-electron chi connectivity index (χ0n) is 13.1. The van der Waals surface area contributed by atoms with Crippen LogP contribution in [0.4, 0.5) is 5.69 Å². The van der Waals surface area contributed by atoms with E-state index in [1.54, 1.807) is 18.2 Å². The summed E-state index contributed by atoms with van der Waals surface area (Å²) in [5.74, 6) is 0.130. The molecular weight excluding hydrogens is 314 g/mol. The molecule has 0 radical (unpaired) electrons. The summed E-state index contributed by atoms with van der Waals surface area (Å²) in [5.41, 5.74) is 7.16. The third-order valence-electron chi connectivity index (χ3n) is 4.45. The molecular formula is C17H24ClN3O2. The van der Waals surface area contributed by atoms with Crippen LogP contribution >= 0.6 is 12.4 Å².